The van der Waals surface area contributed by atoms with Gasteiger partial charge in [-0.2, -0.15) is 0 Å². The SMILES string of the molecule is CC1=C(C2C=CCCC2)C(O)=C(C2CCCCC2)CC1C1CCCCC1. The monoisotopic (exact) mass is 354 g/mol. The molecule has 1 heteroatoms. The highest BCUT2D eigenvalue weighted by Crippen LogP contribution is 2.49. The lowest BCUT2D eigenvalue weighted by atomic mass is 9.65. The van der Waals surface area contributed by atoms with Crippen LogP contribution in [0.3, 0.4) is 0 Å². The van der Waals surface area contributed by atoms with Crippen LogP contribution in [0.5, 0.6) is 0 Å². The molecule has 144 valence electrons. The topological polar surface area (TPSA) is 20.2 Å². The molecule has 1 nitrogen and oxygen atoms in total. The van der Waals surface area contributed by atoms with E-state index < -0.39 is 0 Å². The van der Waals surface area contributed by atoms with Gasteiger partial charge in [0.25, 0.3) is 0 Å². The molecule has 0 radical (unpaired) electrons. The highest BCUT2D eigenvalue weighted by Gasteiger charge is 2.37. The Hall–Kier alpha value is -0.980. The van der Waals surface area contributed by atoms with Gasteiger partial charge in [-0.05, 0) is 87.2 Å². The third kappa shape index (κ3) is 3.69. The van der Waals surface area contributed by atoms with E-state index in [1.807, 2.05) is 0 Å². The van der Waals surface area contributed by atoms with Crippen LogP contribution in [0, 0.1) is 23.7 Å². The summed E-state index contributed by atoms with van der Waals surface area (Å²) >= 11 is 0. The molecule has 1 N–H and O–H groups in total. The van der Waals surface area contributed by atoms with E-state index in [9.17, 15) is 5.11 Å². The first-order valence-corrected chi connectivity index (χ1v) is 11.6. The van der Waals surface area contributed by atoms with Crippen molar-refractivity contribution >= 4 is 0 Å². The van der Waals surface area contributed by atoms with E-state index in [1.165, 1.54) is 94.6 Å². The molecule has 0 spiro atoms. The Labute approximate surface area is 160 Å². The lowest BCUT2D eigenvalue weighted by Gasteiger charge is -2.40. The summed E-state index contributed by atoms with van der Waals surface area (Å²) in [6.07, 6.45) is 23.5. The van der Waals surface area contributed by atoms with Crippen molar-refractivity contribution in [2.45, 2.75) is 96.8 Å². The zero-order chi connectivity index (χ0) is 17.9. The fourth-order valence-corrected chi connectivity index (χ4v) is 6.43. The predicted molar refractivity (Wildman–Crippen MR) is 110 cm³/mol. The fourth-order valence-electron chi connectivity index (χ4n) is 6.43. The van der Waals surface area contributed by atoms with Crippen LogP contribution in [-0.2, 0) is 0 Å². The summed E-state index contributed by atoms with van der Waals surface area (Å²) in [7, 11) is 0. The molecule has 2 atom stereocenters. The van der Waals surface area contributed by atoms with Crippen LogP contribution in [0.4, 0.5) is 0 Å². The average Bonchev–Trinajstić information content (AvgIpc) is 2.70. The maximum atomic E-state index is 11.4. The Morgan fingerprint density at radius 2 is 1.54 bits per heavy atom. The largest absolute Gasteiger partial charge is 0.508 e. The molecule has 4 aliphatic carbocycles. The summed E-state index contributed by atoms with van der Waals surface area (Å²) in [5, 5.41) is 11.4. The fraction of sp³-hybridized carbons (Fsp3) is 0.760. The van der Waals surface area contributed by atoms with E-state index in [0.717, 1.165) is 18.1 Å². The quantitative estimate of drug-likeness (QED) is 0.516. The molecule has 0 aromatic carbocycles. The molecule has 0 saturated heterocycles. The second-order valence-electron chi connectivity index (χ2n) is 9.48. The highest BCUT2D eigenvalue weighted by atomic mass is 16.3. The van der Waals surface area contributed by atoms with E-state index in [4.69, 9.17) is 0 Å². The summed E-state index contributed by atoms with van der Waals surface area (Å²) in [5.74, 6) is 3.42. The molecule has 26 heavy (non-hydrogen) atoms. The van der Waals surface area contributed by atoms with E-state index in [2.05, 4.69) is 19.1 Å². The van der Waals surface area contributed by atoms with Crippen LogP contribution < -0.4 is 0 Å². The number of allylic oxidation sites excluding steroid dienone is 5. The van der Waals surface area contributed by atoms with Crippen molar-refractivity contribution in [1.29, 1.82) is 0 Å². The molecule has 4 rings (SSSR count). The third-order valence-electron chi connectivity index (χ3n) is 7.92. The first-order valence-electron chi connectivity index (χ1n) is 11.6. The van der Waals surface area contributed by atoms with Crippen molar-refractivity contribution in [1.82, 2.24) is 0 Å². The van der Waals surface area contributed by atoms with Gasteiger partial charge in [0.2, 0.25) is 0 Å². The minimum atomic E-state index is 0.466. The first kappa shape index (κ1) is 18.4. The van der Waals surface area contributed by atoms with Crippen LogP contribution in [0.25, 0.3) is 0 Å². The lowest BCUT2D eigenvalue weighted by molar-refractivity contribution is 0.247. The number of aliphatic hydroxyl groups excluding tert-OH is 1. The average molecular weight is 355 g/mol. The van der Waals surface area contributed by atoms with Crippen molar-refractivity contribution in [2.24, 2.45) is 23.7 Å². The van der Waals surface area contributed by atoms with Gasteiger partial charge in [-0.25, -0.2) is 0 Å². The van der Waals surface area contributed by atoms with Crippen molar-refractivity contribution < 1.29 is 5.11 Å². The molecular weight excluding hydrogens is 316 g/mol. The standard InChI is InChI=1S/C25H38O/c1-18-22(19-11-5-2-6-12-19)17-23(20-13-7-3-8-14-20)25(26)24(18)21-15-9-4-10-16-21/h9,15,19-22,26H,2-8,10-14,16-17H2,1H3. The van der Waals surface area contributed by atoms with Gasteiger partial charge in [0.1, 0.15) is 5.76 Å². The summed E-state index contributed by atoms with van der Waals surface area (Å²) in [4.78, 5) is 0. The van der Waals surface area contributed by atoms with Crippen molar-refractivity contribution in [2.75, 3.05) is 0 Å². The van der Waals surface area contributed by atoms with Crippen molar-refractivity contribution in [3.05, 3.63) is 34.6 Å². The van der Waals surface area contributed by atoms with E-state index in [-0.39, 0.29) is 0 Å². The smallest absolute Gasteiger partial charge is 0.118 e. The van der Waals surface area contributed by atoms with Gasteiger partial charge in [-0.15, -0.1) is 0 Å². The van der Waals surface area contributed by atoms with Gasteiger partial charge in [-0.3, -0.25) is 0 Å². The maximum absolute atomic E-state index is 11.4. The Morgan fingerprint density at radius 1 is 0.846 bits per heavy atom. The number of hydrogen-bond acceptors (Lipinski definition) is 1. The lowest BCUT2D eigenvalue weighted by Crippen LogP contribution is -2.28. The zero-order valence-corrected chi connectivity index (χ0v) is 16.8. The number of hydrogen-bond donors (Lipinski definition) is 1. The van der Waals surface area contributed by atoms with Gasteiger partial charge in [0.15, 0.2) is 0 Å². The Bertz CT molecular complexity index is 581. The van der Waals surface area contributed by atoms with Crippen LogP contribution in [0.15, 0.2) is 34.6 Å². The van der Waals surface area contributed by atoms with Crippen LogP contribution in [0.1, 0.15) is 96.8 Å². The molecule has 4 aliphatic rings. The molecule has 2 unspecified atom stereocenters. The van der Waals surface area contributed by atoms with Crippen LogP contribution in [-0.4, -0.2) is 5.11 Å². The zero-order valence-electron chi connectivity index (χ0n) is 16.8. The molecule has 0 heterocycles. The minimum Gasteiger partial charge on any atom is -0.508 e. The van der Waals surface area contributed by atoms with E-state index >= 15 is 0 Å². The summed E-state index contributed by atoms with van der Waals surface area (Å²) < 4.78 is 0. The minimum absolute atomic E-state index is 0.466. The number of rotatable bonds is 3. The number of aliphatic hydroxyl groups is 1. The van der Waals surface area contributed by atoms with Crippen molar-refractivity contribution in [3.63, 3.8) is 0 Å². The van der Waals surface area contributed by atoms with Gasteiger partial charge in [0, 0.05) is 5.92 Å². The molecular formula is C25H38O. The summed E-state index contributed by atoms with van der Waals surface area (Å²) in [5.41, 5.74) is 4.36. The first-order chi connectivity index (χ1) is 12.8. The highest BCUT2D eigenvalue weighted by molar-refractivity contribution is 5.44. The molecule has 0 amide bonds. The Balaban J connectivity index is 1.69. The van der Waals surface area contributed by atoms with E-state index in [1.54, 1.807) is 5.57 Å². The molecule has 0 aliphatic heterocycles. The summed E-state index contributed by atoms with van der Waals surface area (Å²) in [6.45, 7) is 2.37. The Morgan fingerprint density at radius 3 is 2.19 bits per heavy atom. The second-order valence-corrected chi connectivity index (χ2v) is 9.48. The molecule has 0 bridgehead atoms. The molecule has 0 aromatic rings. The van der Waals surface area contributed by atoms with Gasteiger partial charge >= 0.3 is 0 Å². The summed E-state index contributed by atoms with van der Waals surface area (Å²) in [6, 6.07) is 0. The second kappa shape index (κ2) is 8.36. The van der Waals surface area contributed by atoms with Crippen LogP contribution in [0.2, 0.25) is 0 Å². The Kier molecular flexibility index (Phi) is 5.91. The molecule has 2 saturated carbocycles. The molecule has 2 fully saturated rings. The maximum Gasteiger partial charge on any atom is 0.118 e. The normalized spacial score (nSPS) is 32.3. The van der Waals surface area contributed by atoms with Gasteiger partial charge in [-0.1, -0.05) is 56.3 Å². The van der Waals surface area contributed by atoms with Gasteiger partial charge in [0.05, 0.1) is 0 Å². The third-order valence-corrected chi connectivity index (χ3v) is 7.92. The van der Waals surface area contributed by atoms with Crippen molar-refractivity contribution in [3.8, 4) is 0 Å². The van der Waals surface area contributed by atoms with E-state index in [0.29, 0.717) is 17.8 Å². The molecule has 0 aromatic heterocycles. The predicted octanol–water partition coefficient (Wildman–Crippen LogP) is 7.65. The van der Waals surface area contributed by atoms with Crippen LogP contribution >= 0.6 is 0 Å². The van der Waals surface area contributed by atoms with Gasteiger partial charge < -0.3 is 5.11 Å².